The lowest BCUT2D eigenvalue weighted by atomic mass is 10.0. The molecule has 0 bridgehead atoms. The number of hydrogen-bond acceptors (Lipinski definition) is 3. The lowest BCUT2D eigenvalue weighted by molar-refractivity contribution is -0.135. The summed E-state index contributed by atoms with van der Waals surface area (Å²) in [5.74, 6) is -0.0263. The standard InChI is InChI=1S/C15H15NO2/c1-11(12-7-9-13(16)10-8-12)15(17)18-14-5-3-2-4-6-14/h2-11H,16H2,1H3. The van der Waals surface area contributed by atoms with E-state index in [9.17, 15) is 4.79 Å². The molecule has 0 aliphatic carbocycles. The lowest BCUT2D eigenvalue weighted by Crippen LogP contribution is -2.16. The van der Waals surface area contributed by atoms with Gasteiger partial charge in [-0.1, -0.05) is 30.3 Å². The first-order chi connectivity index (χ1) is 8.66. The van der Waals surface area contributed by atoms with Gasteiger partial charge in [0.1, 0.15) is 5.75 Å². The molecule has 0 spiro atoms. The Morgan fingerprint density at radius 2 is 1.67 bits per heavy atom. The maximum Gasteiger partial charge on any atom is 0.318 e. The quantitative estimate of drug-likeness (QED) is 0.510. The summed E-state index contributed by atoms with van der Waals surface area (Å²) in [4.78, 5) is 11.9. The zero-order valence-corrected chi connectivity index (χ0v) is 10.2. The summed E-state index contributed by atoms with van der Waals surface area (Å²) < 4.78 is 5.29. The van der Waals surface area contributed by atoms with Crippen LogP contribution < -0.4 is 10.5 Å². The van der Waals surface area contributed by atoms with E-state index in [4.69, 9.17) is 10.5 Å². The fraction of sp³-hybridized carbons (Fsp3) is 0.133. The molecular formula is C15H15NO2. The summed E-state index contributed by atoms with van der Waals surface area (Å²) in [7, 11) is 0. The molecule has 0 aliphatic heterocycles. The van der Waals surface area contributed by atoms with Crippen LogP contribution >= 0.6 is 0 Å². The summed E-state index contributed by atoms with van der Waals surface area (Å²) >= 11 is 0. The van der Waals surface area contributed by atoms with Crippen molar-refractivity contribution in [3.05, 3.63) is 60.2 Å². The van der Waals surface area contributed by atoms with E-state index >= 15 is 0 Å². The zero-order chi connectivity index (χ0) is 13.0. The minimum Gasteiger partial charge on any atom is -0.426 e. The van der Waals surface area contributed by atoms with Crippen molar-refractivity contribution in [3.63, 3.8) is 0 Å². The summed E-state index contributed by atoms with van der Waals surface area (Å²) in [5, 5.41) is 0. The molecule has 1 unspecified atom stereocenters. The molecule has 18 heavy (non-hydrogen) atoms. The molecule has 1 atom stereocenters. The molecule has 3 nitrogen and oxygen atoms in total. The van der Waals surface area contributed by atoms with Crippen molar-refractivity contribution >= 4 is 11.7 Å². The van der Waals surface area contributed by atoms with Crippen LogP contribution in [0.15, 0.2) is 54.6 Å². The second-order valence-corrected chi connectivity index (χ2v) is 4.12. The smallest absolute Gasteiger partial charge is 0.318 e. The molecule has 0 aromatic heterocycles. The van der Waals surface area contributed by atoms with E-state index in [-0.39, 0.29) is 11.9 Å². The van der Waals surface area contributed by atoms with Gasteiger partial charge in [-0.3, -0.25) is 4.79 Å². The van der Waals surface area contributed by atoms with Crippen LogP contribution in [-0.4, -0.2) is 5.97 Å². The Labute approximate surface area is 106 Å². The third-order valence-corrected chi connectivity index (χ3v) is 2.75. The fourth-order valence-electron chi connectivity index (χ4n) is 1.61. The molecule has 2 aromatic carbocycles. The molecule has 2 N–H and O–H groups in total. The Morgan fingerprint density at radius 3 is 2.28 bits per heavy atom. The molecule has 0 aliphatic rings. The number of nitrogens with two attached hydrogens (primary N) is 1. The number of para-hydroxylation sites is 1. The number of anilines is 1. The first-order valence-corrected chi connectivity index (χ1v) is 5.79. The SMILES string of the molecule is CC(C(=O)Oc1ccccc1)c1ccc(N)cc1. The highest BCUT2D eigenvalue weighted by Crippen LogP contribution is 2.20. The van der Waals surface area contributed by atoms with E-state index in [2.05, 4.69) is 0 Å². The van der Waals surface area contributed by atoms with Crippen LogP contribution in [0.5, 0.6) is 5.75 Å². The van der Waals surface area contributed by atoms with Gasteiger partial charge in [0.15, 0.2) is 0 Å². The van der Waals surface area contributed by atoms with Crippen molar-refractivity contribution in [3.8, 4) is 5.75 Å². The van der Waals surface area contributed by atoms with Crippen molar-refractivity contribution in [2.75, 3.05) is 5.73 Å². The number of hydrogen-bond donors (Lipinski definition) is 1. The molecular weight excluding hydrogens is 226 g/mol. The summed E-state index contributed by atoms with van der Waals surface area (Å²) in [6.45, 7) is 1.82. The summed E-state index contributed by atoms with van der Waals surface area (Å²) in [5.41, 5.74) is 7.19. The highest BCUT2D eigenvalue weighted by Gasteiger charge is 2.17. The van der Waals surface area contributed by atoms with E-state index in [1.807, 2.05) is 37.3 Å². The average molecular weight is 241 g/mol. The van der Waals surface area contributed by atoms with Gasteiger partial charge in [0, 0.05) is 5.69 Å². The number of rotatable bonds is 3. The van der Waals surface area contributed by atoms with Crippen LogP contribution in [0.2, 0.25) is 0 Å². The van der Waals surface area contributed by atoms with Crippen LogP contribution in [0.3, 0.4) is 0 Å². The second-order valence-electron chi connectivity index (χ2n) is 4.12. The fourth-order valence-corrected chi connectivity index (χ4v) is 1.61. The zero-order valence-electron chi connectivity index (χ0n) is 10.2. The minimum absolute atomic E-state index is 0.272. The molecule has 2 rings (SSSR count). The van der Waals surface area contributed by atoms with Gasteiger partial charge in [-0.05, 0) is 36.8 Å². The highest BCUT2D eigenvalue weighted by atomic mass is 16.5. The number of esters is 1. The Morgan fingerprint density at radius 1 is 1.06 bits per heavy atom. The summed E-state index contributed by atoms with van der Waals surface area (Å²) in [6, 6.07) is 16.3. The Balaban J connectivity index is 2.07. The molecule has 0 saturated heterocycles. The van der Waals surface area contributed by atoms with Crippen LogP contribution in [0.1, 0.15) is 18.4 Å². The van der Waals surface area contributed by atoms with E-state index in [1.54, 1.807) is 24.3 Å². The molecule has 0 amide bonds. The van der Waals surface area contributed by atoms with Gasteiger partial charge < -0.3 is 10.5 Å². The van der Waals surface area contributed by atoms with Gasteiger partial charge in [-0.15, -0.1) is 0 Å². The maximum atomic E-state index is 11.9. The van der Waals surface area contributed by atoms with Gasteiger partial charge >= 0.3 is 5.97 Å². The molecule has 2 aromatic rings. The number of nitrogen functional groups attached to an aromatic ring is 1. The number of carbonyl (C=O) groups is 1. The van der Waals surface area contributed by atoms with Crippen molar-refractivity contribution in [1.29, 1.82) is 0 Å². The maximum absolute atomic E-state index is 11.9. The number of carbonyl (C=O) groups excluding carboxylic acids is 1. The van der Waals surface area contributed by atoms with Crippen molar-refractivity contribution in [2.45, 2.75) is 12.8 Å². The van der Waals surface area contributed by atoms with E-state index in [0.717, 1.165) is 5.56 Å². The predicted octanol–water partition coefficient (Wildman–Crippen LogP) is 2.98. The van der Waals surface area contributed by atoms with Gasteiger partial charge in [-0.2, -0.15) is 0 Å². The molecule has 0 saturated carbocycles. The molecule has 0 fully saturated rings. The lowest BCUT2D eigenvalue weighted by Gasteiger charge is -2.11. The first kappa shape index (κ1) is 12.2. The van der Waals surface area contributed by atoms with E-state index < -0.39 is 0 Å². The van der Waals surface area contributed by atoms with Gasteiger partial charge in [0.25, 0.3) is 0 Å². The highest BCUT2D eigenvalue weighted by molar-refractivity contribution is 5.80. The summed E-state index contributed by atoms with van der Waals surface area (Å²) in [6.07, 6.45) is 0. The number of benzene rings is 2. The van der Waals surface area contributed by atoms with Crippen LogP contribution in [0.25, 0.3) is 0 Å². The third kappa shape index (κ3) is 2.88. The Hall–Kier alpha value is -2.29. The normalized spacial score (nSPS) is 11.8. The second kappa shape index (κ2) is 5.36. The molecule has 0 radical (unpaired) electrons. The van der Waals surface area contributed by atoms with Crippen molar-refractivity contribution < 1.29 is 9.53 Å². The Kier molecular flexibility index (Phi) is 3.63. The monoisotopic (exact) mass is 241 g/mol. The van der Waals surface area contributed by atoms with Gasteiger partial charge in [0.2, 0.25) is 0 Å². The third-order valence-electron chi connectivity index (χ3n) is 2.75. The van der Waals surface area contributed by atoms with Crippen LogP contribution in [-0.2, 0) is 4.79 Å². The van der Waals surface area contributed by atoms with E-state index in [1.165, 1.54) is 0 Å². The largest absolute Gasteiger partial charge is 0.426 e. The van der Waals surface area contributed by atoms with Gasteiger partial charge in [-0.25, -0.2) is 0 Å². The topological polar surface area (TPSA) is 52.3 Å². The Bertz CT molecular complexity index is 520. The van der Waals surface area contributed by atoms with Crippen molar-refractivity contribution in [2.24, 2.45) is 0 Å². The van der Waals surface area contributed by atoms with Crippen LogP contribution in [0.4, 0.5) is 5.69 Å². The molecule has 3 heteroatoms. The minimum atomic E-state index is -0.314. The van der Waals surface area contributed by atoms with E-state index in [0.29, 0.717) is 11.4 Å². The van der Waals surface area contributed by atoms with Crippen molar-refractivity contribution in [1.82, 2.24) is 0 Å². The first-order valence-electron chi connectivity index (χ1n) is 5.79. The number of ether oxygens (including phenoxy) is 1. The predicted molar refractivity (Wildman–Crippen MR) is 71.3 cm³/mol. The average Bonchev–Trinajstić information content (AvgIpc) is 2.40. The molecule has 0 heterocycles. The molecule has 92 valence electrons. The van der Waals surface area contributed by atoms with Gasteiger partial charge in [0.05, 0.1) is 5.92 Å². The van der Waals surface area contributed by atoms with Crippen LogP contribution in [0, 0.1) is 0 Å².